The normalized spacial score (nSPS) is 11.0. The number of ketones is 1. The standard InChI is InChI=1S/C28H20O4/c1-18-26(16-15-23-22-9-5-6-10-24(22)28(30)32-27(18)23)31-17-25(29)21-13-11-20(12-14-21)19-7-3-2-4-8-19/h2-16H,17H2,1H3. The van der Waals surface area contributed by atoms with E-state index in [0.717, 1.165) is 21.9 Å². The third-order valence-corrected chi connectivity index (χ3v) is 5.66. The van der Waals surface area contributed by atoms with Crippen molar-refractivity contribution in [2.24, 2.45) is 0 Å². The molecule has 5 aromatic rings. The van der Waals surface area contributed by atoms with Gasteiger partial charge in [-0.25, -0.2) is 4.79 Å². The van der Waals surface area contributed by atoms with Gasteiger partial charge in [0.25, 0.3) is 0 Å². The molecule has 0 radical (unpaired) electrons. The molecule has 156 valence electrons. The Kier molecular flexibility index (Phi) is 5.04. The molecular formula is C28H20O4. The summed E-state index contributed by atoms with van der Waals surface area (Å²) in [6.45, 7) is 1.73. The maximum Gasteiger partial charge on any atom is 0.344 e. The largest absolute Gasteiger partial charge is 0.485 e. The Labute approximate surface area is 184 Å². The number of hydrogen-bond acceptors (Lipinski definition) is 4. The van der Waals surface area contributed by atoms with Gasteiger partial charge in [-0.05, 0) is 41.6 Å². The molecule has 0 aliphatic heterocycles. The summed E-state index contributed by atoms with van der Waals surface area (Å²) >= 11 is 0. The Balaban J connectivity index is 1.38. The first-order valence-corrected chi connectivity index (χ1v) is 10.4. The maximum atomic E-state index is 12.7. The molecule has 4 nitrogen and oxygen atoms in total. The molecule has 1 heterocycles. The third-order valence-electron chi connectivity index (χ3n) is 5.66. The van der Waals surface area contributed by atoms with Crippen LogP contribution in [0.25, 0.3) is 32.9 Å². The van der Waals surface area contributed by atoms with Crippen molar-refractivity contribution in [3.05, 3.63) is 113 Å². The SMILES string of the molecule is Cc1c(OCC(=O)c2ccc(-c3ccccc3)cc2)ccc2c1oc(=O)c1ccccc12. The quantitative estimate of drug-likeness (QED) is 0.193. The van der Waals surface area contributed by atoms with Crippen molar-refractivity contribution in [2.75, 3.05) is 6.61 Å². The first kappa shape index (κ1) is 19.8. The van der Waals surface area contributed by atoms with Gasteiger partial charge < -0.3 is 9.15 Å². The van der Waals surface area contributed by atoms with Crippen molar-refractivity contribution in [3.8, 4) is 16.9 Å². The molecule has 0 unspecified atom stereocenters. The van der Waals surface area contributed by atoms with Crippen LogP contribution < -0.4 is 10.4 Å². The first-order valence-electron chi connectivity index (χ1n) is 10.4. The molecule has 4 aromatic carbocycles. The molecular weight excluding hydrogens is 400 g/mol. The fourth-order valence-corrected chi connectivity index (χ4v) is 3.92. The van der Waals surface area contributed by atoms with Gasteiger partial charge in [-0.2, -0.15) is 0 Å². The average Bonchev–Trinajstić information content (AvgIpc) is 2.85. The molecule has 0 saturated carbocycles. The number of fused-ring (bicyclic) bond motifs is 3. The Hall–Kier alpha value is -4.18. The molecule has 0 spiro atoms. The van der Waals surface area contributed by atoms with Gasteiger partial charge in [0.15, 0.2) is 12.4 Å². The second-order valence-electron chi connectivity index (χ2n) is 7.66. The summed E-state index contributed by atoms with van der Waals surface area (Å²) < 4.78 is 11.4. The van der Waals surface area contributed by atoms with Crippen molar-refractivity contribution in [2.45, 2.75) is 6.92 Å². The molecule has 4 heteroatoms. The van der Waals surface area contributed by atoms with Crippen LogP contribution in [0, 0.1) is 6.92 Å². The highest BCUT2D eigenvalue weighted by Crippen LogP contribution is 2.31. The van der Waals surface area contributed by atoms with Crippen LogP contribution >= 0.6 is 0 Å². The van der Waals surface area contributed by atoms with Gasteiger partial charge >= 0.3 is 5.63 Å². The second-order valence-corrected chi connectivity index (χ2v) is 7.66. The lowest BCUT2D eigenvalue weighted by atomic mass is 10.0. The number of aryl methyl sites for hydroxylation is 1. The van der Waals surface area contributed by atoms with Crippen LogP contribution in [0.5, 0.6) is 5.75 Å². The Morgan fingerprint density at radius 3 is 2.16 bits per heavy atom. The van der Waals surface area contributed by atoms with E-state index < -0.39 is 0 Å². The number of hydrogen-bond donors (Lipinski definition) is 0. The number of carbonyl (C=O) groups is 1. The lowest BCUT2D eigenvalue weighted by molar-refractivity contribution is 0.0921. The van der Waals surface area contributed by atoms with Gasteiger partial charge in [-0.15, -0.1) is 0 Å². The van der Waals surface area contributed by atoms with E-state index in [1.807, 2.05) is 91.9 Å². The van der Waals surface area contributed by atoms with E-state index in [0.29, 0.717) is 27.8 Å². The van der Waals surface area contributed by atoms with Crippen LogP contribution in [0.4, 0.5) is 0 Å². The third kappa shape index (κ3) is 3.56. The highest BCUT2D eigenvalue weighted by atomic mass is 16.5. The summed E-state index contributed by atoms with van der Waals surface area (Å²) in [4.78, 5) is 25.0. The highest BCUT2D eigenvalue weighted by molar-refractivity contribution is 6.05. The highest BCUT2D eigenvalue weighted by Gasteiger charge is 2.14. The molecule has 0 saturated heterocycles. The smallest absolute Gasteiger partial charge is 0.344 e. The van der Waals surface area contributed by atoms with Crippen molar-refractivity contribution >= 4 is 27.5 Å². The number of Topliss-reactive ketones (excluding diaryl/α,β-unsaturated/α-hetero) is 1. The topological polar surface area (TPSA) is 56.5 Å². The summed E-state index contributed by atoms with van der Waals surface area (Å²) in [6.07, 6.45) is 0. The Bertz CT molecular complexity index is 1500. The van der Waals surface area contributed by atoms with E-state index in [-0.39, 0.29) is 18.0 Å². The number of benzene rings is 4. The van der Waals surface area contributed by atoms with E-state index >= 15 is 0 Å². The van der Waals surface area contributed by atoms with Gasteiger partial charge in [0.1, 0.15) is 11.3 Å². The predicted octanol–water partition coefficient (Wildman–Crippen LogP) is 6.18. The fraction of sp³-hybridized carbons (Fsp3) is 0.0714. The molecule has 0 aliphatic carbocycles. The van der Waals surface area contributed by atoms with Crippen LogP contribution in [0.1, 0.15) is 15.9 Å². The van der Waals surface area contributed by atoms with Gasteiger partial charge in [0, 0.05) is 16.5 Å². The summed E-state index contributed by atoms with van der Waals surface area (Å²) in [5.74, 6) is 0.397. The lowest BCUT2D eigenvalue weighted by Gasteiger charge is -2.11. The van der Waals surface area contributed by atoms with E-state index in [1.165, 1.54) is 0 Å². The lowest BCUT2D eigenvalue weighted by Crippen LogP contribution is -2.12. The number of rotatable bonds is 5. The second kappa shape index (κ2) is 8.16. The summed E-state index contributed by atoms with van der Waals surface area (Å²) in [6, 6.07) is 28.5. The van der Waals surface area contributed by atoms with E-state index in [4.69, 9.17) is 9.15 Å². The zero-order valence-electron chi connectivity index (χ0n) is 17.5. The van der Waals surface area contributed by atoms with Gasteiger partial charge in [0.2, 0.25) is 0 Å². The predicted molar refractivity (Wildman–Crippen MR) is 126 cm³/mol. The molecule has 0 aliphatic rings. The molecule has 0 bridgehead atoms. The van der Waals surface area contributed by atoms with Crippen LogP contribution in [-0.4, -0.2) is 12.4 Å². The minimum Gasteiger partial charge on any atom is -0.485 e. The fourth-order valence-electron chi connectivity index (χ4n) is 3.92. The molecule has 5 rings (SSSR count). The summed E-state index contributed by atoms with van der Waals surface area (Å²) in [5.41, 5.74) is 3.52. The zero-order valence-corrected chi connectivity index (χ0v) is 17.5. The van der Waals surface area contributed by atoms with Crippen LogP contribution in [0.2, 0.25) is 0 Å². The maximum absolute atomic E-state index is 12.7. The number of ether oxygens (including phenoxy) is 1. The van der Waals surface area contributed by atoms with Crippen molar-refractivity contribution in [1.82, 2.24) is 0 Å². The molecule has 0 amide bonds. The van der Waals surface area contributed by atoms with Crippen molar-refractivity contribution < 1.29 is 13.9 Å². The van der Waals surface area contributed by atoms with E-state index in [9.17, 15) is 9.59 Å². The van der Waals surface area contributed by atoms with Crippen LogP contribution in [-0.2, 0) is 0 Å². The van der Waals surface area contributed by atoms with Gasteiger partial charge in [-0.1, -0.05) is 72.8 Å². The Morgan fingerprint density at radius 1 is 0.750 bits per heavy atom. The van der Waals surface area contributed by atoms with Crippen LogP contribution in [0.15, 0.2) is 100 Å². The average molecular weight is 420 g/mol. The zero-order chi connectivity index (χ0) is 22.1. The number of carbonyl (C=O) groups excluding carboxylic acids is 1. The molecule has 0 fully saturated rings. The van der Waals surface area contributed by atoms with E-state index in [2.05, 4.69) is 0 Å². The molecule has 0 N–H and O–H groups in total. The summed E-state index contributed by atoms with van der Waals surface area (Å²) in [7, 11) is 0. The van der Waals surface area contributed by atoms with Crippen LogP contribution in [0.3, 0.4) is 0 Å². The van der Waals surface area contributed by atoms with E-state index in [1.54, 1.807) is 6.07 Å². The minimum atomic E-state index is -0.386. The molecule has 0 atom stereocenters. The summed E-state index contributed by atoms with van der Waals surface area (Å²) in [5, 5.41) is 2.22. The van der Waals surface area contributed by atoms with Gasteiger partial charge in [0.05, 0.1) is 5.39 Å². The van der Waals surface area contributed by atoms with Crippen molar-refractivity contribution in [3.63, 3.8) is 0 Å². The Morgan fingerprint density at radius 2 is 1.41 bits per heavy atom. The first-order chi connectivity index (χ1) is 15.6. The molecule has 1 aromatic heterocycles. The van der Waals surface area contributed by atoms with Gasteiger partial charge in [-0.3, -0.25) is 4.79 Å². The monoisotopic (exact) mass is 420 g/mol. The van der Waals surface area contributed by atoms with Crippen molar-refractivity contribution in [1.29, 1.82) is 0 Å². The molecule has 32 heavy (non-hydrogen) atoms. The minimum absolute atomic E-state index is 0.102.